The summed E-state index contributed by atoms with van der Waals surface area (Å²) in [6.45, 7) is 3.99. The minimum absolute atomic E-state index is 0.119. The van der Waals surface area contributed by atoms with E-state index in [4.69, 9.17) is 0 Å². The first kappa shape index (κ1) is 14.6. The van der Waals surface area contributed by atoms with Gasteiger partial charge in [0.1, 0.15) is 0 Å². The SMILES string of the molecule is CNc1cc(C)ccc1C(=O)Nc1cc(C)cc(Br)c1. The summed E-state index contributed by atoms with van der Waals surface area (Å²) in [5.41, 5.74) is 4.45. The predicted molar refractivity (Wildman–Crippen MR) is 87.6 cm³/mol. The summed E-state index contributed by atoms with van der Waals surface area (Å²) in [7, 11) is 1.81. The number of benzene rings is 2. The molecule has 0 aliphatic heterocycles. The maximum Gasteiger partial charge on any atom is 0.257 e. The van der Waals surface area contributed by atoms with Gasteiger partial charge >= 0.3 is 0 Å². The second-order valence-corrected chi connectivity index (χ2v) is 5.69. The summed E-state index contributed by atoms with van der Waals surface area (Å²) < 4.78 is 0.950. The van der Waals surface area contributed by atoms with Crippen molar-refractivity contribution >= 4 is 33.2 Å². The molecule has 0 aliphatic rings. The molecule has 0 aliphatic carbocycles. The van der Waals surface area contributed by atoms with E-state index in [1.165, 1.54) is 0 Å². The fourth-order valence-electron chi connectivity index (χ4n) is 2.07. The predicted octanol–water partition coefficient (Wildman–Crippen LogP) is 4.36. The topological polar surface area (TPSA) is 41.1 Å². The van der Waals surface area contributed by atoms with Crippen LogP contribution >= 0.6 is 15.9 Å². The number of hydrogen-bond donors (Lipinski definition) is 2. The Bertz CT molecular complexity index is 633. The van der Waals surface area contributed by atoms with E-state index >= 15 is 0 Å². The average molecular weight is 333 g/mol. The normalized spacial score (nSPS) is 10.2. The molecule has 0 saturated heterocycles. The molecule has 0 aromatic heterocycles. The Morgan fingerprint density at radius 3 is 2.45 bits per heavy atom. The van der Waals surface area contributed by atoms with Gasteiger partial charge in [-0.25, -0.2) is 0 Å². The Balaban J connectivity index is 2.28. The van der Waals surface area contributed by atoms with Gasteiger partial charge in [0.05, 0.1) is 5.56 Å². The van der Waals surface area contributed by atoms with E-state index in [0.29, 0.717) is 5.56 Å². The Labute approximate surface area is 127 Å². The van der Waals surface area contributed by atoms with E-state index in [1.807, 2.05) is 57.3 Å². The molecule has 0 spiro atoms. The fraction of sp³-hybridized carbons (Fsp3) is 0.188. The second-order valence-electron chi connectivity index (χ2n) is 4.77. The molecule has 0 unspecified atom stereocenters. The van der Waals surface area contributed by atoms with Crippen LogP contribution in [0.4, 0.5) is 11.4 Å². The van der Waals surface area contributed by atoms with Crippen LogP contribution in [0.2, 0.25) is 0 Å². The molecule has 0 radical (unpaired) electrons. The minimum atomic E-state index is -0.119. The van der Waals surface area contributed by atoms with Crippen molar-refractivity contribution in [3.8, 4) is 0 Å². The van der Waals surface area contributed by atoms with Crippen LogP contribution in [0.15, 0.2) is 40.9 Å². The van der Waals surface area contributed by atoms with Crippen molar-refractivity contribution < 1.29 is 4.79 Å². The third-order valence-electron chi connectivity index (χ3n) is 2.99. The van der Waals surface area contributed by atoms with Crippen molar-refractivity contribution in [1.29, 1.82) is 0 Å². The molecule has 2 N–H and O–H groups in total. The van der Waals surface area contributed by atoms with Gasteiger partial charge in [0.25, 0.3) is 5.91 Å². The van der Waals surface area contributed by atoms with Gasteiger partial charge in [0, 0.05) is 22.9 Å². The third-order valence-corrected chi connectivity index (χ3v) is 3.45. The molecule has 2 rings (SSSR count). The van der Waals surface area contributed by atoms with Crippen LogP contribution in [-0.2, 0) is 0 Å². The number of anilines is 2. The first-order chi connectivity index (χ1) is 9.49. The van der Waals surface area contributed by atoms with Crippen molar-refractivity contribution in [2.75, 3.05) is 17.7 Å². The molecular weight excluding hydrogens is 316 g/mol. The van der Waals surface area contributed by atoms with Gasteiger partial charge in [-0.3, -0.25) is 4.79 Å². The minimum Gasteiger partial charge on any atom is -0.387 e. The first-order valence-corrected chi connectivity index (χ1v) is 7.16. The van der Waals surface area contributed by atoms with E-state index in [-0.39, 0.29) is 5.91 Å². The van der Waals surface area contributed by atoms with Crippen molar-refractivity contribution in [3.63, 3.8) is 0 Å². The Morgan fingerprint density at radius 1 is 1.05 bits per heavy atom. The number of carbonyl (C=O) groups excluding carboxylic acids is 1. The lowest BCUT2D eigenvalue weighted by Crippen LogP contribution is -2.14. The summed E-state index contributed by atoms with van der Waals surface area (Å²) in [6.07, 6.45) is 0. The maximum absolute atomic E-state index is 12.4. The highest BCUT2D eigenvalue weighted by Crippen LogP contribution is 2.22. The molecule has 2 aromatic carbocycles. The van der Waals surface area contributed by atoms with E-state index in [1.54, 1.807) is 0 Å². The van der Waals surface area contributed by atoms with Gasteiger partial charge in [-0.2, -0.15) is 0 Å². The molecule has 4 heteroatoms. The molecule has 1 amide bonds. The maximum atomic E-state index is 12.4. The largest absolute Gasteiger partial charge is 0.387 e. The number of rotatable bonds is 3. The van der Waals surface area contributed by atoms with Crippen LogP contribution in [0, 0.1) is 13.8 Å². The zero-order valence-electron chi connectivity index (χ0n) is 11.8. The lowest BCUT2D eigenvalue weighted by atomic mass is 10.1. The summed E-state index contributed by atoms with van der Waals surface area (Å²) >= 11 is 3.43. The number of nitrogens with one attached hydrogen (secondary N) is 2. The van der Waals surface area contributed by atoms with E-state index < -0.39 is 0 Å². The molecule has 20 heavy (non-hydrogen) atoms. The van der Waals surface area contributed by atoms with Crippen LogP contribution in [0.5, 0.6) is 0 Å². The smallest absolute Gasteiger partial charge is 0.257 e. The van der Waals surface area contributed by atoms with Gasteiger partial charge in [-0.1, -0.05) is 22.0 Å². The molecule has 0 atom stereocenters. The van der Waals surface area contributed by atoms with E-state index in [9.17, 15) is 4.79 Å². The van der Waals surface area contributed by atoms with Gasteiger partial charge in [-0.05, 0) is 55.3 Å². The number of aryl methyl sites for hydroxylation is 2. The van der Waals surface area contributed by atoms with Crippen LogP contribution in [-0.4, -0.2) is 13.0 Å². The molecule has 0 bridgehead atoms. The Hall–Kier alpha value is -1.81. The number of amides is 1. The molecule has 0 saturated carbocycles. The van der Waals surface area contributed by atoms with E-state index in [0.717, 1.165) is 27.0 Å². The van der Waals surface area contributed by atoms with Crippen molar-refractivity contribution in [3.05, 3.63) is 57.6 Å². The third kappa shape index (κ3) is 3.39. The lowest BCUT2D eigenvalue weighted by Gasteiger charge is -2.11. The molecule has 104 valence electrons. The Morgan fingerprint density at radius 2 is 1.80 bits per heavy atom. The molecular formula is C16H17BrN2O. The van der Waals surface area contributed by atoms with Gasteiger partial charge in [-0.15, -0.1) is 0 Å². The van der Waals surface area contributed by atoms with Crippen molar-refractivity contribution in [2.45, 2.75) is 13.8 Å². The molecule has 3 nitrogen and oxygen atoms in total. The zero-order chi connectivity index (χ0) is 14.7. The molecule has 2 aromatic rings. The second kappa shape index (κ2) is 6.09. The summed E-state index contributed by atoms with van der Waals surface area (Å²) in [4.78, 5) is 12.4. The number of carbonyl (C=O) groups is 1. The average Bonchev–Trinajstić information content (AvgIpc) is 2.37. The number of halogens is 1. The summed E-state index contributed by atoms with van der Waals surface area (Å²) in [5, 5.41) is 5.98. The monoisotopic (exact) mass is 332 g/mol. The first-order valence-electron chi connectivity index (χ1n) is 6.36. The van der Waals surface area contributed by atoms with Crippen LogP contribution in [0.1, 0.15) is 21.5 Å². The van der Waals surface area contributed by atoms with Gasteiger partial charge < -0.3 is 10.6 Å². The van der Waals surface area contributed by atoms with Gasteiger partial charge in [0.15, 0.2) is 0 Å². The lowest BCUT2D eigenvalue weighted by molar-refractivity contribution is 0.102. The molecule has 0 heterocycles. The highest BCUT2D eigenvalue weighted by Gasteiger charge is 2.11. The van der Waals surface area contributed by atoms with Gasteiger partial charge in [0.2, 0.25) is 0 Å². The Kier molecular flexibility index (Phi) is 4.45. The zero-order valence-corrected chi connectivity index (χ0v) is 13.3. The van der Waals surface area contributed by atoms with E-state index in [2.05, 4.69) is 26.6 Å². The molecule has 0 fully saturated rings. The van der Waals surface area contributed by atoms with Crippen molar-refractivity contribution in [1.82, 2.24) is 0 Å². The highest BCUT2D eigenvalue weighted by atomic mass is 79.9. The van der Waals surface area contributed by atoms with Crippen LogP contribution < -0.4 is 10.6 Å². The van der Waals surface area contributed by atoms with Crippen LogP contribution in [0.25, 0.3) is 0 Å². The standard InChI is InChI=1S/C16H17BrN2O/c1-10-4-5-14(15(8-10)18-3)16(20)19-13-7-11(2)6-12(17)9-13/h4-9,18H,1-3H3,(H,19,20). The summed E-state index contributed by atoms with van der Waals surface area (Å²) in [6, 6.07) is 11.6. The summed E-state index contributed by atoms with van der Waals surface area (Å²) in [5.74, 6) is -0.119. The van der Waals surface area contributed by atoms with Crippen LogP contribution in [0.3, 0.4) is 0 Å². The van der Waals surface area contributed by atoms with Crippen molar-refractivity contribution in [2.24, 2.45) is 0 Å². The fourth-order valence-corrected chi connectivity index (χ4v) is 2.68. The highest BCUT2D eigenvalue weighted by molar-refractivity contribution is 9.10. The quantitative estimate of drug-likeness (QED) is 0.876. The number of hydrogen-bond acceptors (Lipinski definition) is 2.